The summed E-state index contributed by atoms with van der Waals surface area (Å²) in [6.45, 7) is 0. The molecule has 2 heterocycles. The zero-order valence-electron chi connectivity index (χ0n) is 8.01. The van der Waals surface area contributed by atoms with Gasteiger partial charge in [-0.3, -0.25) is 9.97 Å². The maximum atomic E-state index is 5.09. The number of aromatic nitrogens is 3. The summed E-state index contributed by atoms with van der Waals surface area (Å²) in [6.07, 6.45) is 4.93. The van der Waals surface area contributed by atoms with Gasteiger partial charge in [-0.1, -0.05) is 0 Å². The smallest absolute Gasteiger partial charge is 0.151 e. The zero-order chi connectivity index (χ0) is 10.7. The van der Waals surface area contributed by atoms with Crippen molar-refractivity contribution in [3.8, 4) is 17.1 Å². The number of nitrogens with zero attached hydrogens (tertiary/aromatic N) is 3. The third-order valence-electron chi connectivity index (χ3n) is 1.86. The molecule has 2 aromatic heterocycles. The molecule has 0 unspecified atom stereocenters. The number of halogens is 1. The van der Waals surface area contributed by atoms with Gasteiger partial charge in [0, 0.05) is 12.4 Å². The van der Waals surface area contributed by atoms with Gasteiger partial charge in [-0.05, 0) is 28.1 Å². The minimum atomic E-state index is 0.660. The maximum absolute atomic E-state index is 5.09. The molecule has 0 aliphatic carbocycles. The summed E-state index contributed by atoms with van der Waals surface area (Å²) in [6, 6.07) is 3.68. The first-order valence-electron chi connectivity index (χ1n) is 4.28. The van der Waals surface area contributed by atoms with E-state index in [0.717, 1.165) is 11.4 Å². The summed E-state index contributed by atoms with van der Waals surface area (Å²) in [7, 11) is 1.60. The Kier molecular flexibility index (Phi) is 2.91. The molecule has 0 bridgehead atoms. The summed E-state index contributed by atoms with van der Waals surface area (Å²) in [4.78, 5) is 12.4. The molecule has 0 spiro atoms. The Morgan fingerprint density at radius 2 is 2.07 bits per heavy atom. The monoisotopic (exact) mass is 265 g/mol. The fraction of sp³-hybridized carbons (Fsp3) is 0.100. The van der Waals surface area contributed by atoms with Crippen molar-refractivity contribution in [3.05, 3.63) is 35.3 Å². The summed E-state index contributed by atoms with van der Waals surface area (Å²) in [5.74, 6) is 0.697. The fourth-order valence-electron chi connectivity index (χ4n) is 1.15. The average molecular weight is 266 g/mol. The van der Waals surface area contributed by atoms with Gasteiger partial charge in [0.25, 0.3) is 0 Å². The summed E-state index contributed by atoms with van der Waals surface area (Å²) in [5, 5.41) is 0. The SMILES string of the molecule is COc1ccc(-c2cnccn2)nc1Br. The average Bonchev–Trinajstić information content (AvgIpc) is 2.30. The van der Waals surface area contributed by atoms with E-state index in [4.69, 9.17) is 4.74 Å². The maximum Gasteiger partial charge on any atom is 0.151 e. The van der Waals surface area contributed by atoms with Gasteiger partial charge in [0.2, 0.25) is 0 Å². The van der Waals surface area contributed by atoms with E-state index in [9.17, 15) is 0 Å². The third kappa shape index (κ3) is 2.12. The van der Waals surface area contributed by atoms with Crippen LogP contribution in [0.15, 0.2) is 35.3 Å². The lowest BCUT2D eigenvalue weighted by Crippen LogP contribution is -1.91. The Hall–Kier alpha value is -1.49. The van der Waals surface area contributed by atoms with E-state index >= 15 is 0 Å². The van der Waals surface area contributed by atoms with Crippen LogP contribution in [0.25, 0.3) is 11.4 Å². The molecule has 0 saturated heterocycles. The van der Waals surface area contributed by atoms with E-state index < -0.39 is 0 Å². The zero-order valence-corrected chi connectivity index (χ0v) is 9.60. The van der Waals surface area contributed by atoms with Crippen LogP contribution in [0.5, 0.6) is 5.75 Å². The largest absolute Gasteiger partial charge is 0.494 e. The molecule has 0 atom stereocenters. The van der Waals surface area contributed by atoms with Crippen molar-refractivity contribution in [1.82, 2.24) is 15.0 Å². The van der Waals surface area contributed by atoms with Crippen LogP contribution in [0.2, 0.25) is 0 Å². The molecule has 0 radical (unpaired) electrons. The molecule has 5 heteroatoms. The van der Waals surface area contributed by atoms with E-state index in [2.05, 4.69) is 30.9 Å². The van der Waals surface area contributed by atoms with Crippen LogP contribution in [-0.4, -0.2) is 22.1 Å². The third-order valence-corrected chi connectivity index (χ3v) is 2.43. The Morgan fingerprint density at radius 1 is 1.20 bits per heavy atom. The van der Waals surface area contributed by atoms with E-state index in [1.807, 2.05) is 12.1 Å². The first kappa shape index (κ1) is 10.0. The van der Waals surface area contributed by atoms with E-state index in [1.54, 1.807) is 25.7 Å². The number of hydrogen-bond donors (Lipinski definition) is 0. The Labute approximate surface area is 95.5 Å². The quantitative estimate of drug-likeness (QED) is 0.782. The van der Waals surface area contributed by atoms with Crippen LogP contribution >= 0.6 is 15.9 Å². The van der Waals surface area contributed by atoms with E-state index in [1.165, 1.54) is 0 Å². The Balaban J connectivity index is 2.43. The Morgan fingerprint density at radius 3 is 2.67 bits per heavy atom. The highest BCUT2D eigenvalue weighted by Gasteiger charge is 2.05. The predicted octanol–water partition coefficient (Wildman–Crippen LogP) is 2.31. The molecular weight excluding hydrogens is 258 g/mol. The molecular formula is C10H8BrN3O. The van der Waals surface area contributed by atoms with Gasteiger partial charge in [0.15, 0.2) is 5.75 Å². The van der Waals surface area contributed by atoms with Crippen LogP contribution < -0.4 is 4.74 Å². The van der Waals surface area contributed by atoms with Gasteiger partial charge in [0.1, 0.15) is 10.3 Å². The van der Waals surface area contributed by atoms with Crippen molar-refractivity contribution in [3.63, 3.8) is 0 Å². The van der Waals surface area contributed by atoms with Crippen molar-refractivity contribution in [2.45, 2.75) is 0 Å². The molecule has 2 aromatic rings. The van der Waals surface area contributed by atoms with E-state index in [-0.39, 0.29) is 0 Å². The van der Waals surface area contributed by atoms with Crippen LogP contribution in [0, 0.1) is 0 Å². The Bertz CT molecular complexity index is 461. The number of hydrogen-bond acceptors (Lipinski definition) is 4. The van der Waals surface area contributed by atoms with Crippen LogP contribution in [0.1, 0.15) is 0 Å². The molecule has 0 amide bonds. The molecule has 4 nitrogen and oxygen atoms in total. The highest BCUT2D eigenvalue weighted by Crippen LogP contribution is 2.25. The van der Waals surface area contributed by atoms with Crippen LogP contribution in [0.3, 0.4) is 0 Å². The van der Waals surface area contributed by atoms with Crippen molar-refractivity contribution in [1.29, 1.82) is 0 Å². The summed E-state index contributed by atoms with van der Waals surface area (Å²) < 4.78 is 5.75. The van der Waals surface area contributed by atoms with Crippen molar-refractivity contribution in [2.24, 2.45) is 0 Å². The van der Waals surface area contributed by atoms with Gasteiger partial charge in [-0.25, -0.2) is 4.98 Å². The van der Waals surface area contributed by atoms with Crippen molar-refractivity contribution in [2.75, 3.05) is 7.11 Å². The molecule has 0 saturated carbocycles. The van der Waals surface area contributed by atoms with Crippen molar-refractivity contribution < 1.29 is 4.74 Å². The first-order chi connectivity index (χ1) is 7.31. The highest BCUT2D eigenvalue weighted by molar-refractivity contribution is 9.10. The van der Waals surface area contributed by atoms with Gasteiger partial charge in [-0.2, -0.15) is 0 Å². The second kappa shape index (κ2) is 4.35. The first-order valence-corrected chi connectivity index (χ1v) is 5.07. The van der Waals surface area contributed by atoms with Gasteiger partial charge < -0.3 is 4.74 Å². The number of ether oxygens (including phenoxy) is 1. The minimum absolute atomic E-state index is 0.660. The molecule has 76 valence electrons. The second-order valence-corrected chi connectivity index (χ2v) is 3.53. The van der Waals surface area contributed by atoms with Gasteiger partial charge >= 0.3 is 0 Å². The summed E-state index contributed by atoms with van der Waals surface area (Å²) >= 11 is 3.32. The van der Waals surface area contributed by atoms with Crippen LogP contribution in [-0.2, 0) is 0 Å². The van der Waals surface area contributed by atoms with E-state index in [0.29, 0.717) is 10.4 Å². The molecule has 15 heavy (non-hydrogen) atoms. The van der Waals surface area contributed by atoms with Crippen molar-refractivity contribution >= 4 is 15.9 Å². The number of pyridine rings is 1. The number of rotatable bonds is 2. The molecule has 0 fully saturated rings. The summed E-state index contributed by atoms with van der Waals surface area (Å²) in [5.41, 5.74) is 1.50. The fourth-order valence-corrected chi connectivity index (χ4v) is 1.63. The minimum Gasteiger partial charge on any atom is -0.494 e. The lowest BCUT2D eigenvalue weighted by atomic mass is 10.3. The lowest BCUT2D eigenvalue weighted by Gasteiger charge is -2.04. The topological polar surface area (TPSA) is 47.9 Å². The molecule has 0 aliphatic rings. The normalized spacial score (nSPS) is 10.0. The molecule has 0 N–H and O–H groups in total. The lowest BCUT2D eigenvalue weighted by molar-refractivity contribution is 0.410. The van der Waals surface area contributed by atoms with Gasteiger partial charge in [-0.15, -0.1) is 0 Å². The van der Waals surface area contributed by atoms with Gasteiger partial charge in [0.05, 0.1) is 19.0 Å². The molecule has 2 rings (SSSR count). The molecule has 0 aliphatic heterocycles. The molecule has 0 aromatic carbocycles. The second-order valence-electron chi connectivity index (χ2n) is 2.78. The highest BCUT2D eigenvalue weighted by atomic mass is 79.9. The number of methoxy groups -OCH3 is 1. The standard InChI is InChI=1S/C10H8BrN3O/c1-15-9-3-2-7(14-10(9)11)8-6-12-4-5-13-8/h2-6H,1H3. The van der Waals surface area contributed by atoms with Crippen LogP contribution in [0.4, 0.5) is 0 Å². The predicted molar refractivity (Wildman–Crippen MR) is 59.5 cm³/mol.